The number of amides is 2. The first-order valence-electron chi connectivity index (χ1n) is 6.32. The van der Waals surface area contributed by atoms with Crippen molar-refractivity contribution in [3.63, 3.8) is 0 Å². The molecule has 18 heavy (non-hydrogen) atoms. The van der Waals surface area contributed by atoms with Crippen molar-refractivity contribution in [2.45, 2.75) is 25.7 Å². The Hall–Kier alpha value is -1.35. The summed E-state index contributed by atoms with van der Waals surface area (Å²) in [5.41, 5.74) is 0.604. The molecule has 0 bridgehead atoms. The number of carbonyl (C=O) groups is 2. The van der Waals surface area contributed by atoms with Crippen molar-refractivity contribution in [3.05, 3.63) is 29.3 Å². The van der Waals surface area contributed by atoms with E-state index in [-0.39, 0.29) is 23.7 Å². The molecule has 2 fully saturated rings. The van der Waals surface area contributed by atoms with Crippen molar-refractivity contribution >= 4 is 29.1 Å². The number of halogens is 1. The lowest BCUT2D eigenvalue weighted by Gasteiger charge is -2.19. The molecule has 4 heteroatoms. The molecule has 0 N–H and O–H groups in total. The van der Waals surface area contributed by atoms with Crippen LogP contribution in [0.25, 0.3) is 0 Å². The fourth-order valence-electron chi connectivity index (χ4n) is 3.03. The smallest absolute Gasteiger partial charge is 0.237 e. The van der Waals surface area contributed by atoms with Gasteiger partial charge in [-0.15, -0.1) is 0 Å². The zero-order valence-corrected chi connectivity index (χ0v) is 10.7. The average molecular weight is 264 g/mol. The van der Waals surface area contributed by atoms with Crippen LogP contribution in [0.4, 0.5) is 5.69 Å². The van der Waals surface area contributed by atoms with Gasteiger partial charge in [-0.3, -0.25) is 14.5 Å². The summed E-state index contributed by atoms with van der Waals surface area (Å²) < 4.78 is 0. The maximum atomic E-state index is 12.3. The highest BCUT2D eigenvalue weighted by Crippen LogP contribution is 2.40. The quantitative estimate of drug-likeness (QED) is 0.731. The van der Waals surface area contributed by atoms with Gasteiger partial charge in [0.15, 0.2) is 0 Å². The second-order valence-corrected chi connectivity index (χ2v) is 5.43. The Balaban J connectivity index is 1.97. The molecule has 0 spiro atoms. The number of hydrogen-bond donors (Lipinski definition) is 0. The van der Waals surface area contributed by atoms with E-state index in [1.165, 1.54) is 4.90 Å². The van der Waals surface area contributed by atoms with Gasteiger partial charge in [0.1, 0.15) is 0 Å². The van der Waals surface area contributed by atoms with Crippen molar-refractivity contribution in [2.24, 2.45) is 11.8 Å². The third-order valence-electron chi connectivity index (χ3n) is 3.91. The highest BCUT2D eigenvalue weighted by molar-refractivity contribution is 6.31. The molecule has 1 saturated heterocycles. The molecule has 0 radical (unpaired) electrons. The number of fused-ring (bicyclic) bond motifs is 1. The van der Waals surface area contributed by atoms with Crippen LogP contribution in [0.5, 0.6) is 0 Å². The van der Waals surface area contributed by atoms with Gasteiger partial charge in [-0.25, -0.2) is 0 Å². The number of imide groups is 1. The Kier molecular flexibility index (Phi) is 2.86. The highest BCUT2D eigenvalue weighted by atomic mass is 35.5. The summed E-state index contributed by atoms with van der Waals surface area (Å²) in [5.74, 6) is -0.311. The molecule has 2 atom stereocenters. The van der Waals surface area contributed by atoms with Crippen molar-refractivity contribution < 1.29 is 9.59 Å². The fraction of sp³-hybridized carbons (Fsp3) is 0.429. The average Bonchev–Trinajstić information content (AvgIpc) is 2.63. The van der Waals surface area contributed by atoms with E-state index in [1.807, 2.05) is 0 Å². The molecule has 2 aliphatic rings. The van der Waals surface area contributed by atoms with Crippen LogP contribution in [0.1, 0.15) is 25.7 Å². The molecular formula is C14H14ClNO2. The third-order valence-corrected chi connectivity index (χ3v) is 4.14. The summed E-state index contributed by atoms with van der Waals surface area (Å²) in [4.78, 5) is 26.0. The molecule has 1 aliphatic carbocycles. The van der Waals surface area contributed by atoms with E-state index in [2.05, 4.69) is 0 Å². The zero-order chi connectivity index (χ0) is 12.7. The molecule has 2 amide bonds. The Morgan fingerprint density at radius 2 is 1.67 bits per heavy atom. The SMILES string of the molecule is O=C1[C@@H]2CCCC[C@H]2C(=O)N1c1cccc(Cl)c1. The van der Waals surface area contributed by atoms with E-state index in [0.29, 0.717) is 10.7 Å². The minimum Gasteiger partial charge on any atom is -0.274 e. The van der Waals surface area contributed by atoms with Crippen LogP contribution >= 0.6 is 11.6 Å². The summed E-state index contributed by atoms with van der Waals surface area (Å²) in [7, 11) is 0. The van der Waals surface area contributed by atoms with E-state index in [9.17, 15) is 9.59 Å². The number of nitrogens with zero attached hydrogens (tertiary/aromatic N) is 1. The lowest BCUT2D eigenvalue weighted by Crippen LogP contribution is -2.30. The molecule has 1 heterocycles. The third kappa shape index (κ3) is 1.74. The molecule has 1 aromatic rings. The largest absolute Gasteiger partial charge is 0.274 e. The maximum Gasteiger partial charge on any atom is 0.237 e. The summed E-state index contributed by atoms with van der Waals surface area (Å²) in [6.07, 6.45) is 3.77. The van der Waals surface area contributed by atoms with Gasteiger partial charge in [-0.05, 0) is 31.0 Å². The number of benzene rings is 1. The van der Waals surface area contributed by atoms with Crippen molar-refractivity contribution in [1.29, 1.82) is 0 Å². The van der Waals surface area contributed by atoms with E-state index in [1.54, 1.807) is 24.3 Å². The van der Waals surface area contributed by atoms with Crippen molar-refractivity contribution in [2.75, 3.05) is 4.90 Å². The first-order chi connectivity index (χ1) is 8.68. The molecule has 3 nitrogen and oxygen atoms in total. The molecule has 94 valence electrons. The van der Waals surface area contributed by atoms with Crippen LogP contribution in [-0.2, 0) is 9.59 Å². The fourth-order valence-corrected chi connectivity index (χ4v) is 3.22. The summed E-state index contributed by atoms with van der Waals surface area (Å²) >= 11 is 5.92. The molecule has 0 aromatic heterocycles. The molecular weight excluding hydrogens is 250 g/mol. The van der Waals surface area contributed by atoms with Gasteiger partial charge in [0.2, 0.25) is 11.8 Å². The minimum atomic E-state index is -0.106. The number of anilines is 1. The lowest BCUT2D eigenvalue weighted by atomic mass is 9.81. The molecule has 0 unspecified atom stereocenters. The zero-order valence-electron chi connectivity index (χ0n) is 9.93. The normalized spacial score (nSPS) is 27.5. The number of hydrogen-bond acceptors (Lipinski definition) is 2. The standard InChI is InChI=1S/C14H14ClNO2/c15-9-4-3-5-10(8-9)16-13(17)11-6-1-2-7-12(11)14(16)18/h3-5,8,11-12H,1-2,6-7H2/t11-,12-/m1/s1. The van der Waals surface area contributed by atoms with Crippen LogP contribution < -0.4 is 4.90 Å². The predicted octanol–water partition coefficient (Wildman–Crippen LogP) is 3.02. The molecule has 1 aliphatic heterocycles. The lowest BCUT2D eigenvalue weighted by molar-refractivity contribution is -0.122. The Morgan fingerprint density at radius 3 is 2.22 bits per heavy atom. The van der Waals surface area contributed by atoms with Gasteiger partial charge in [0, 0.05) is 5.02 Å². The summed E-state index contributed by atoms with van der Waals surface area (Å²) in [6, 6.07) is 6.94. The van der Waals surface area contributed by atoms with E-state index in [4.69, 9.17) is 11.6 Å². The summed E-state index contributed by atoms with van der Waals surface area (Å²) in [6.45, 7) is 0. The van der Waals surface area contributed by atoms with Crippen molar-refractivity contribution in [1.82, 2.24) is 0 Å². The second kappa shape index (κ2) is 4.39. The van der Waals surface area contributed by atoms with Crippen LogP contribution in [0.15, 0.2) is 24.3 Å². The minimum absolute atomic E-state index is 0.0491. The Morgan fingerprint density at radius 1 is 1.06 bits per heavy atom. The topological polar surface area (TPSA) is 37.4 Å². The predicted molar refractivity (Wildman–Crippen MR) is 69.4 cm³/mol. The van der Waals surface area contributed by atoms with E-state index < -0.39 is 0 Å². The van der Waals surface area contributed by atoms with E-state index in [0.717, 1.165) is 25.7 Å². The first kappa shape index (κ1) is 11.7. The van der Waals surface area contributed by atoms with Crippen molar-refractivity contribution in [3.8, 4) is 0 Å². The molecule has 1 aromatic carbocycles. The summed E-state index contributed by atoms with van der Waals surface area (Å²) in [5, 5.41) is 0.544. The molecule has 1 saturated carbocycles. The van der Waals surface area contributed by atoms with Gasteiger partial charge in [-0.2, -0.15) is 0 Å². The van der Waals surface area contributed by atoms with Crippen LogP contribution in [0.2, 0.25) is 5.02 Å². The second-order valence-electron chi connectivity index (χ2n) is 4.99. The highest BCUT2D eigenvalue weighted by Gasteiger charge is 2.48. The van der Waals surface area contributed by atoms with Crippen LogP contribution in [0, 0.1) is 11.8 Å². The van der Waals surface area contributed by atoms with E-state index >= 15 is 0 Å². The number of rotatable bonds is 1. The van der Waals surface area contributed by atoms with Gasteiger partial charge < -0.3 is 0 Å². The van der Waals surface area contributed by atoms with Crippen LogP contribution in [-0.4, -0.2) is 11.8 Å². The maximum absolute atomic E-state index is 12.3. The van der Waals surface area contributed by atoms with Gasteiger partial charge in [0.25, 0.3) is 0 Å². The van der Waals surface area contributed by atoms with Gasteiger partial charge in [-0.1, -0.05) is 30.5 Å². The van der Waals surface area contributed by atoms with Gasteiger partial charge >= 0.3 is 0 Å². The first-order valence-corrected chi connectivity index (χ1v) is 6.69. The van der Waals surface area contributed by atoms with Crippen LogP contribution in [0.3, 0.4) is 0 Å². The Bertz CT molecular complexity index is 490. The van der Waals surface area contributed by atoms with Gasteiger partial charge in [0.05, 0.1) is 17.5 Å². The Labute approximate surface area is 111 Å². The monoisotopic (exact) mass is 263 g/mol. The molecule has 3 rings (SSSR count). The number of carbonyl (C=O) groups excluding carboxylic acids is 2.